The van der Waals surface area contributed by atoms with Crippen molar-refractivity contribution in [3.05, 3.63) is 88.0 Å². The van der Waals surface area contributed by atoms with E-state index in [1.54, 1.807) is 29.2 Å². The van der Waals surface area contributed by atoms with E-state index in [0.29, 0.717) is 30.0 Å². The Morgan fingerprint density at radius 1 is 1.03 bits per heavy atom. The van der Waals surface area contributed by atoms with E-state index in [4.69, 9.17) is 0 Å². The van der Waals surface area contributed by atoms with Crippen LogP contribution in [0.4, 0.5) is 28.4 Å². The van der Waals surface area contributed by atoms with Crippen LogP contribution in [0.3, 0.4) is 0 Å². The third-order valence-corrected chi connectivity index (χ3v) is 5.33. The molecule has 1 aliphatic rings. The van der Waals surface area contributed by atoms with Crippen molar-refractivity contribution in [1.29, 1.82) is 0 Å². The average Bonchev–Trinajstić information content (AvgIpc) is 3.20. The molecular weight excluding hydrogens is 408 g/mol. The fourth-order valence-electron chi connectivity index (χ4n) is 3.75. The molecule has 2 amide bonds. The molecule has 0 aromatic heterocycles. The number of hydrogen-bond acceptors (Lipinski definition) is 5. The van der Waals surface area contributed by atoms with Crippen LogP contribution >= 0.6 is 0 Å². The predicted molar refractivity (Wildman–Crippen MR) is 124 cm³/mol. The molecule has 32 heavy (non-hydrogen) atoms. The number of rotatable bonds is 6. The van der Waals surface area contributed by atoms with Crippen molar-refractivity contribution in [2.75, 3.05) is 22.1 Å². The van der Waals surface area contributed by atoms with Gasteiger partial charge in [0.15, 0.2) is 0 Å². The highest BCUT2D eigenvalue weighted by atomic mass is 16.6. The number of para-hydroxylation sites is 1. The number of aryl methyl sites for hydroxylation is 1. The summed E-state index contributed by atoms with van der Waals surface area (Å²) in [6.45, 7) is 2.57. The molecule has 8 nitrogen and oxygen atoms in total. The molecule has 3 aromatic carbocycles. The summed E-state index contributed by atoms with van der Waals surface area (Å²) in [5, 5.41) is 17.4. The van der Waals surface area contributed by atoms with Gasteiger partial charge in [-0.1, -0.05) is 18.2 Å². The zero-order chi connectivity index (χ0) is 22.7. The minimum Gasteiger partial charge on any atom is -0.350 e. The molecule has 2 N–H and O–H groups in total. The standard InChI is InChI=1S/C24H22N4O4/c1-16-14-19(10-12-21(16)27-13-5-8-23(27)29)26-24(30)17-9-11-20(22(15-17)28(31)32)25-18-6-3-2-4-7-18/h2-4,6-7,9-12,14-15,25H,5,8,13H2,1H3,(H,26,30). The van der Waals surface area contributed by atoms with E-state index < -0.39 is 10.8 Å². The van der Waals surface area contributed by atoms with E-state index in [9.17, 15) is 19.7 Å². The molecule has 0 spiro atoms. The summed E-state index contributed by atoms with van der Waals surface area (Å²) in [6.07, 6.45) is 1.39. The van der Waals surface area contributed by atoms with Gasteiger partial charge in [0, 0.05) is 41.7 Å². The van der Waals surface area contributed by atoms with E-state index >= 15 is 0 Å². The van der Waals surface area contributed by atoms with Gasteiger partial charge in [-0.15, -0.1) is 0 Å². The van der Waals surface area contributed by atoms with Crippen molar-refractivity contribution in [3.63, 3.8) is 0 Å². The highest BCUT2D eigenvalue weighted by Gasteiger charge is 2.23. The summed E-state index contributed by atoms with van der Waals surface area (Å²) in [4.78, 5) is 37.6. The SMILES string of the molecule is Cc1cc(NC(=O)c2ccc(Nc3ccccc3)c([N+](=O)[O-])c2)ccc1N1CCCC1=O. The van der Waals surface area contributed by atoms with E-state index in [-0.39, 0.29) is 17.2 Å². The number of anilines is 4. The fourth-order valence-corrected chi connectivity index (χ4v) is 3.75. The number of benzene rings is 3. The highest BCUT2D eigenvalue weighted by Crippen LogP contribution is 2.30. The van der Waals surface area contributed by atoms with E-state index in [0.717, 1.165) is 17.7 Å². The maximum absolute atomic E-state index is 12.7. The second-order valence-corrected chi connectivity index (χ2v) is 7.58. The summed E-state index contributed by atoms with van der Waals surface area (Å²) < 4.78 is 0. The van der Waals surface area contributed by atoms with Gasteiger partial charge in [0.25, 0.3) is 11.6 Å². The summed E-state index contributed by atoms with van der Waals surface area (Å²) in [7, 11) is 0. The summed E-state index contributed by atoms with van der Waals surface area (Å²) >= 11 is 0. The monoisotopic (exact) mass is 430 g/mol. The number of carbonyl (C=O) groups is 2. The van der Waals surface area contributed by atoms with Gasteiger partial charge >= 0.3 is 0 Å². The van der Waals surface area contributed by atoms with Crippen LogP contribution in [0.1, 0.15) is 28.8 Å². The van der Waals surface area contributed by atoms with Crippen LogP contribution < -0.4 is 15.5 Å². The van der Waals surface area contributed by atoms with E-state index in [1.807, 2.05) is 31.2 Å². The van der Waals surface area contributed by atoms with Crippen LogP contribution in [-0.4, -0.2) is 23.3 Å². The predicted octanol–water partition coefficient (Wildman–Crippen LogP) is 5.03. The number of nitrogens with zero attached hydrogens (tertiary/aromatic N) is 2. The molecule has 0 radical (unpaired) electrons. The quantitative estimate of drug-likeness (QED) is 0.422. The van der Waals surface area contributed by atoms with Crippen LogP contribution in [0.15, 0.2) is 66.7 Å². The van der Waals surface area contributed by atoms with Crippen LogP contribution in [-0.2, 0) is 4.79 Å². The lowest BCUT2D eigenvalue weighted by Gasteiger charge is -2.19. The van der Waals surface area contributed by atoms with Crippen LogP contribution in [0.5, 0.6) is 0 Å². The topological polar surface area (TPSA) is 105 Å². The number of amides is 2. The Hall–Kier alpha value is -4.20. The molecule has 0 unspecified atom stereocenters. The molecule has 0 atom stereocenters. The molecule has 3 aromatic rings. The molecule has 1 fully saturated rings. The largest absolute Gasteiger partial charge is 0.350 e. The first kappa shape index (κ1) is 21.0. The first-order chi connectivity index (χ1) is 15.4. The van der Waals surface area contributed by atoms with Crippen molar-refractivity contribution in [3.8, 4) is 0 Å². The van der Waals surface area contributed by atoms with Gasteiger partial charge in [0.2, 0.25) is 5.91 Å². The number of nitrogens with one attached hydrogen (secondary N) is 2. The van der Waals surface area contributed by atoms with Gasteiger partial charge in [0.1, 0.15) is 5.69 Å². The molecule has 8 heteroatoms. The van der Waals surface area contributed by atoms with Gasteiger partial charge < -0.3 is 15.5 Å². The van der Waals surface area contributed by atoms with Crippen LogP contribution in [0, 0.1) is 17.0 Å². The molecular formula is C24H22N4O4. The van der Waals surface area contributed by atoms with Gasteiger partial charge in [-0.3, -0.25) is 19.7 Å². The average molecular weight is 430 g/mol. The van der Waals surface area contributed by atoms with Gasteiger partial charge in [0.05, 0.1) is 4.92 Å². The van der Waals surface area contributed by atoms with Crippen LogP contribution in [0.25, 0.3) is 0 Å². The summed E-state index contributed by atoms with van der Waals surface area (Å²) in [6, 6.07) is 18.7. The van der Waals surface area contributed by atoms with Gasteiger partial charge in [-0.05, 0) is 61.4 Å². The Kier molecular flexibility index (Phi) is 5.85. The fraction of sp³-hybridized carbons (Fsp3) is 0.167. The number of hydrogen-bond donors (Lipinski definition) is 2. The highest BCUT2D eigenvalue weighted by molar-refractivity contribution is 6.05. The Labute approximate surface area is 185 Å². The smallest absolute Gasteiger partial charge is 0.293 e. The summed E-state index contributed by atoms with van der Waals surface area (Å²) in [5.74, 6) is -0.356. The Bertz CT molecular complexity index is 1190. The Morgan fingerprint density at radius 2 is 1.81 bits per heavy atom. The van der Waals surface area contributed by atoms with Crippen molar-refractivity contribution in [1.82, 2.24) is 0 Å². The minimum absolute atomic E-state index is 0.0985. The van der Waals surface area contributed by atoms with Crippen molar-refractivity contribution >= 4 is 40.3 Å². The second kappa shape index (κ2) is 8.89. The zero-order valence-electron chi connectivity index (χ0n) is 17.5. The summed E-state index contributed by atoms with van der Waals surface area (Å²) in [5.41, 5.74) is 3.24. The molecule has 4 rings (SSSR count). The molecule has 0 saturated carbocycles. The van der Waals surface area contributed by atoms with Crippen molar-refractivity contribution in [2.24, 2.45) is 0 Å². The lowest BCUT2D eigenvalue weighted by atomic mass is 10.1. The van der Waals surface area contributed by atoms with Crippen molar-refractivity contribution < 1.29 is 14.5 Å². The first-order valence-electron chi connectivity index (χ1n) is 10.3. The van der Waals surface area contributed by atoms with Gasteiger partial charge in [-0.25, -0.2) is 0 Å². The lowest BCUT2D eigenvalue weighted by molar-refractivity contribution is -0.383. The normalized spacial score (nSPS) is 13.2. The number of nitro groups is 1. The number of nitro benzene ring substituents is 1. The zero-order valence-corrected chi connectivity index (χ0v) is 17.5. The molecule has 1 saturated heterocycles. The maximum Gasteiger partial charge on any atom is 0.293 e. The maximum atomic E-state index is 12.7. The van der Waals surface area contributed by atoms with Crippen molar-refractivity contribution in [2.45, 2.75) is 19.8 Å². The molecule has 162 valence electrons. The lowest BCUT2D eigenvalue weighted by Crippen LogP contribution is -2.24. The third kappa shape index (κ3) is 4.44. The molecule has 0 bridgehead atoms. The first-order valence-corrected chi connectivity index (χ1v) is 10.3. The molecule has 1 heterocycles. The minimum atomic E-state index is -0.520. The third-order valence-electron chi connectivity index (χ3n) is 5.33. The van der Waals surface area contributed by atoms with E-state index in [2.05, 4.69) is 10.6 Å². The Morgan fingerprint density at radius 3 is 2.47 bits per heavy atom. The second-order valence-electron chi connectivity index (χ2n) is 7.58. The van der Waals surface area contributed by atoms with E-state index in [1.165, 1.54) is 18.2 Å². The Balaban J connectivity index is 1.53. The number of carbonyl (C=O) groups excluding carboxylic acids is 2. The van der Waals surface area contributed by atoms with Crippen LogP contribution in [0.2, 0.25) is 0 Å². The molecule has 0 aliphatic carbocycles. The molecule has 1 aliphatic heterocycles. The van der Waals surface area contributed by atoms with Gasteiger partial charge in [-0.2, -0.15) is 0 Å².